The van der Waals surface area contributed by atoms with Crippen LogP contribution in [0.4, 0.5) is 26.3 Å². The molecule has 0 saturated carbocycles. The SMILES string of the molecule is O=S(=O)(NS(=O)(=O)C(F)(F)F)c1ccc([I+]c2cccc(C(F)(F)F)c2)cc1. The van der Waals surface area contributed by atoms with Gasteiger partial charge in [0.2, 0.25) is 0 Å². The molecule has 0 aromatic heterocycles. The summed E-state index contributed by atoms with van der Waals surface area (Å²) in [6, 6.07) is 8.68. The molecule has 2 aromatic rings. The van der Waals surface area contributed by atoms with Gasteiger partial charge in [-0.05, 0) is 36.4 Å². The summed E-state index contributed by atoms with van der Waals surface area (Å²) in [5.74, 6) is 0. The van der Waals surface area contributed by atoms with E-state index in [0.29, 0.717) is 11.3 Å². The Kier molecular flexibility index (Phi) is 6.37. The smallest absolute Gasteiger partial charge is 0.206 e. The van der Waals surface area contributed by atoms with E-state index in [1.54, 1.807) is 0 Å². The first-order valence-electron chi connectivity index (χ1n) is 6.89. The highest BCUT2D eigenvalue weighted by atomic mass is 127. The highest BCUT2D eigenvalue weighted by molar-refractivity contribution is 8.05. The fourth-order valence-corrected chi connectivity index (χ4v) is 6.50. The Hall–Kier alpha value is -1.39. The van der Waals surface area contributed by atoms with Gasteiger partial charge >= 0.3 is 42.9 Å². The molecular formula is C14H9F6INO4S2+. The van der Waals surface area contributed by atoms with Crippen molar-refractivity contribution < 1.29 is 64.4 Å². The zero-order valence-corrected chi connectivity index (χ0v) is 17.0. The van der Waals surface area contributed by atoms with E-state index in [1.807, 2.05) is 0 Å². The molecule has 14 heteroatoms. The molecule has 0 amide bonds. The van der Waals surface area contributed by atoms with Crippen molar-refractivity contribution >= 4 is 20.0 Å². The Labute approximate surface area is 166 Å². The third-order valence-electron chi connectivity index (χ3n) is 3.02. The average molecular weight is 560 g/mol. The van der Waals surface area contributed by atoms with E-state index in [2.05, 4.69) is 0 Å². The summed E-state index contributed by atoms with van der Waals surface area (Å²) in [5, 5.41) is 0. The lowest BCUT2D eigenvalue weighted by Crippen LogP contribution is -3.61. The molecular weight excluding hydrogens is 551 g/mol. The Morgan fingerprint density at radius 3 is 1.86 bits per heavy atom. The monoisotopic (exact) mass is 560 g/mol. The van der Waals surface area contributed by atoms with Crippen LogP contribution in [0.2, 0.25) is 0 Å². The molecule has 2 rings (SSSR count). The molecule has 154 valence electrons. The highest BCUT2D eigenvalue weighted by Gasteiger charge is 2.48. The molecule has 1 N–H and O–H groups in total. The molecule has 0 aliphatic carbocycles. The Balaban J connectivity index is 2.22. The Morgan fingerprint density at radius 1 is 0.786 bits per heavy atom. The van der Waals surface area contributed by atoms with E-state index in [4.69, 9.17) is 0 Å². The first kappa shape index (κ1) is 22.9. The molecule has 5 nitrogen and oxygen atoms in total. The van der Waals surface area contributed by atoms with Crippen LogP contribution in [-0.4, -0.2) is 22.3 Å². The zero-order chi connectivity index (χ0) is 21.4. The molecule has 0 spiro atoms. The van der Waals surface area contributed by atoms with Gasteiger partial charge in [-0.15, -0.1) is 0 Å². The van der Waals surface area contributed by atoms with E-state index in [9.17, 15) is 43.2 Å². The van der Waals surface area contributed by atoms with Crippen LogP contribution in [-0.2, 0) is 26.2 Å². The molecule has 0 unspecified atom stereocenters. The van der Waals surface area contributed by atoms with Crippen LogP contribution in [0.1, 0.15) is 5.56 Å². The maximum atomic E-state index is 12.7. The number of halogens is 7. The van der Waals surface area contributed by atoms with E-state index in [0.717, 1.165) is 24.3 Å². The lowest BCUT2D eigenvalue weighted by atomic mass is 10.2. The second kappa shape index (κ2) is 7.79. The van der Waals surface area contributed by atoms with Crippen LogP contribution in [0.15, 0.2) is 53.4 Å². The first-order valence-corrected chi connectivity index (χ1v) is 12.0. The average Bonchev–Trinajstić information content (AvgIpc) is 2.53. The summed E-state index contributed by atoms with van der Waals surface area (Å²) >= 11 is -1.15. The number of nitrogens with one attached hydrogen (secondary N) is 1. The fraction of sp³-hybridized carbons (Fsp3) is 0.143. The predicted molar refractivity (Wildman–Crippen MR) is 80.6 cm³/mol. The van der Waals surface area contributed by atoms with E-state index in [1.165, 1.54) is 24.3 Å². The lowest BCUT2D eigenvalue weighted by molar-refractivity contribution is -0.597. The third kappa shape index (κ3) is 5.57. The van der Waals surface area contributed by atoms with Crippen molar-refractivity contribution in [1.82, 2.24) is 4.13 Å². The first-order chi connectivity index (χ1) is 12.6. The quantitative estimate of drug-likeness (QED) is 0.412. The Morgan fingerprint density at radius 2 is 1.36 bits per heavy atom. The van der Waals surface area contributed by atoms with Gasteiger partial charge in [-0.2, -0.15) is 26.3 Å². The van der Waals surface area contributed by atoms with Gasteiger partial charge in [-0.3, -0.25) is 0 Å². The second-order valence-corrected chi connectivity index (χ2v) is 11.7. The Bertz CT molecular complexity index is 1060. The van der Waals surface area contributed by atoms with Gasteiger partial charge in [0.05, 0.1) is 10.5 Å². The number of rotatable bonds is 5. The largest absolute Gasteiger partial charge is 0.512 e. The molecule has 28 heavy (non-hydrogen) atoms. The third-order valence-corrected chi connectivity index (χ3v) is 8.91. The van der Waals surface area contributed by atoms with Gasteiger partial charge in [0.25, 0.3) is 10.0 Å². The minimum Gasteiger partial charge on any atom is -0.206 e. The summed E-state index contributed by atoms with van der Waals surface area (Å²) in [4.78, 5) is -0.739. The molecule has 0 atom stereocenters. The van der Waals surface area contributed by atoms with Crippen LogP contribution in [0.3, 0.4) is 0 Å². The molecule has 0 aliphatic heterocycles. The maximum Gasteiger partial charge on any atom is 0.512 e. The zero-order valence-electron chi connectivity index (χ0n) is 13.2. The van der Waals surface area contributed by atoms with Crippen LogP contribution in [0.25, 0.3) is 0 Å². The minimum atomic E-state index is -6.12. The van der Waals surface area contributed by atoms with E-state index < -0.39 is 63.4 Å². The molecule has 2 aromatic carbocycles. The number of alkyl halides is 6. The van der Waals surface area contributed by atoms with Crippen molar-refractivity contribution in [2.24, 2.45) is 0 Å². The van der Waals surface area contributed by atoms with E-state index >= 15 is 0 Å². The van der Waals surface area contributed by atoms with Gasteiger partial charge in [-0.1, -0.05) is 10.2 Å². The van der Waals surface area contributed by atoms with Crippen molar-refractivity contribution in [3.05, 3.63) is 61.2 Å². The van der Waals surface area contributed by atoms with Crippen LogP contribution >= 0.6 is 0 Å². The van der Waals surface area contributed by atoms with Gasteiger partial charge < -0.3 is 0 Å². The van der Waals surface area contributed by atoms with Gasteiger partial charge in [-0.25, -0.2) is 16.8 Å². The molecule has 0 radical (unpaired) electrons. The van der Waals surface area contributed by atoms with Crippen LogP contribution < -0.4 is 25.3 Å². The van der Waals surface area contributed by atoms with Crippen molar-refractivity contribution in [3.8, 4) is 0 Å². The molecule has 0 saturated heterocycles. The molecule has 0 bridgehead atoms. The standard InChI is InChI=1S/C14H9F6INO4S2/c15-13(16,17)9-2-1-3-11(8-9)21-10-4-6-12(7-5-10)27(23,24)22-28(25,26)14(18,19)20/h1-8,22H/q+1. The van der Waals surface area contributed by atoms with Crippen molar-refractivity contribution in [2.45, 2.75) is 16.6 Å². The van der Waals surface area contributed by atoms with E-state index in [-0.39, 0.29) is 0 Å². The number of hydrogen-bond donors (Lipinski definition) is 1. The summed E-state index contributed by atoms with van der Waals surface area (Å²) in [6.07, 6.45) is -4.52. The van der Waals surface area contributed by atoms with Crippen molar-refractivity contribution in [2.75, 3.05) is 0 Å². The predicted octanol–water partition coefficient (Wildman–Crippen LogP) is -0.0383. The number of hydrogen-bond acceptors (Lipinski definition) is 4. The normalized spacial score (nSPS) is 13.5. The van der Waals surface area contributed by atoms with Crippen molar-refractivity contribution in [1.29, 1.82) is 0 Å². The number of sulfonamides is 2. The van der Waals surface area contributed by atoms with Crippen LogP contribution in [0.5, 0.6) is 0 Å². The molecule has 0 fully saturated rings. The summed E-state index contributed by atoms with van der Waals surface area (Å²) in [6.45, 7) is 0. The maximum absolute atomic E-state index is 12.7. The fourth-order valence-electron chi connectivity index (χ4n) is 1.77. The summed E-state index contributed by atoms with van der Waals surface area (Å²) in [7, 11) is -11.1. The topological polar surface area (TPSA) is 80.3 Å². The molecule has 0 heterocycles. The highest BCUT2D eigenvalue weighted by Crippen LogP contribution is 2.28. The summed E-state index contributed by atoms with van der Waals surface area (Å²) < 4.78 is 122. The molecule has 0 aliphatic rings. The van der Waals surface area contributed by atoms with Gasteiger partial charge in [0.1, 0.15) is 0 Å². The summed E-state index contributed by atoms with van der Waals surface area (Å²) in [5.41, 5.74) is -6.65. The van der Waals surface area contributed by atoms with Crippen LogP contribution in [0, 0.1) is 7.14 Å². The minimum absolute atomic E-state index is 0.377. The number of benzene rings is 2. The van der Waals surface area contributed by atoms with Gasteiger partial charge in [0.15, 0.2) is 7.14 Å². The lowest BCUT2D eigenvalue weighted by Gasteiger charge is -2.09. The second-order valence-electron chi connectivity index (χ2n) is 5.09. The van der Waals surface area contributed by atoms with Crippen molar-refractivity contribution in [3.63, 3.8) is 0 Å². The van der Waals surface area contributed by atoms with Gasteiger partial charge in [0, 0.05) is 6.07 Å².